The molecule has 2 heterocycles. The second kappa shape index (κ2) is 7.59. The molecule has 0 spiro atoms. The fourth-order valence-electron chi connectivity index (χ4n) is 3.20. The smallest absolute Gasteiger partial charge is 0.309 e. The van der Waals surface area contributed by atoms with Gasteiger partial charge in [-0.2, -0.15) is 10.2 Å². The molecule has 0 unspecified atom stereocenters. The number of aryl methyl sites for hydroxylation is 1. The van der Waals surface area contributed by atoms with E-state index in [1.165, 1.54) is 6.20 Å². The Bertz CT molecular complexity index is 1190. The monoisotopic (exact) mass is 389 g/mol. The molecule has 0 saturated carbocycles. The van der Waals surface area contributed by atoms with Gasteiger partial charge in [0.2, 0.25) is 0 Å². The van der Waals surface area contributed by atoms with Gasteiger partial charge >= 0.3 is 5.97 Å². The lowest BCUT2D eigenvalue weighted by Crippen LogP contribution is -2.11. The van der Waals surface area contributed by atoms with Crippen LogP contribution >= 0.6 is 0 Å². The van der Waals surface area contributed by atoms with Crippen molar-refractivity contribution in [3.8, 4) is 0 Å². The Morgan fingerprint density at radius 1 is 1.10 bits per heavy atom. The lowest BCUT2D eigenvalue weighted by molar-refractivity contribution is -0.136. The molecular formula is C21H19N5O3. The van der Waals surface area contributed by atoms with Crippen LogP contribution in [0.3, 0.4) is 0 Å². The van der Waals surface area contributed by atoms with Crippen LogP contribution in [-0.4, -0.2) is 36.5 Å². The standard InChI is InChI=1S/C21H19N5O3/c1-25-13-15(11-22-25)21(29)23-16-8-6-14(7-9-16)12-26-19-5-3-2-4-17(19)18(24-26)10-20(27)28/h2-9,11,13H,10,12H2,1H3,(H,23,29)(H,27,28). The molecule has 0 aliphatic heterocycles. The summed E-state index contributed by atoms with van der Waals surface area (Å²) in [4.78, 5) is 23.3. The van der Waals surface area contributed by atoms with Crippen LogP contribution in [0.5, 0.6) is 0 Å². The van der Waals surface area contributed by atoms with Crippen molar-refractivity contribution in [2.45, 2.75) is 13.0 Å². The summed E-state index contributed by atoms with van der Waals surface area (Å²) in [6, 6.07) is 15.1. The van der Waals surface area contributed by atoms with E-state index in [1.54, 1.807) is 22.6 Å². The molecule has 1 amide bonds. The second-order valence-corrected chi connectivity index (χ2v) is 6.75. The van der Waals surface area contributed by atoms with Crippen molar-refractivity contribution in [3.05, 3.63) is 77.7 Å². The van der Waals surface area contributed by atoms with Gasteiger partial charge in [0.15, 0.2) is 0 Å². The van der Waals surface area contributed by atoms with Gasteiger partial charge in [0.1, 0.15) is 0 Å². The van der Waals surface area contributed by atoms with Crippen LogP contribution in [0.2, 0.25) is 0 Å². The van der Waals surface area contributed by atoms with Gasteiger partial charge < -0.3 is 10.4 Å². The third-order valence-corrected chi connectivity index (χ3v) is 4.56. The average molecular weight is 389 g/mol. The Balaban J connectivity index is 1.52. The van der Waals surface area contributed by atoms with E-state index in [-0.39, 0.29) is 12.3 Å². The number of fused-ring (bicyclic) bond motifs is 1. The number of carboxylic acids is 1. The molecule has 0 atom stereocenters. The van der Waals surface area contributed by atoms with Crippen LogP contribution in [0.15, 0.2) is 60.9 Å². The Labute approximate surface area is 166 Å². The first-order valence-electron chi connectivity index (χ1n) is 9.05. The number of carboxylic acid groups (broad SMARTS) is 1. The first-order chi connectivity index (χ1) is 14.0. The summed E-state index contributed by atoms with van der Waals surface area (Å²) in [6.07, 6.45) is 3.05. The average Bonchev–Trinajstić information content (AvgIpc) is 3.28. The molecule has 4 rings (SSSR count). The van der Waals surface area contributed by atoms with Gasteiger partial charge in [0, 0.05) is 24.3 Å². The fourth-order valence-corrected chi connectivity index (χ4v) is 3.20. The number of hydrogen-bond donors (Lipinski definition) is 2. The van der Waals surface area contributed by atoms with Crippen LogP contribution in [0.4, 0.5) is 5.69 Å². The number of amides is 1. The van der Waals surface area contributed by atoms with E-state index in [0.29, 0.717) is 23.5 Å². The highest BCUT2D eigenvalue weighted by molar-refractivity contribution is 6.03. The highest BCUT2D eigenvalue weighted by Crippen LogP contribution is 2.21. The van der Waals surface area contributed by atoms with Crippen LogP contribution in [0.25, 0.3) is 10.9 Å². The number of anilines is 1. The molecule has 0 aliphatic carbocycles. The molecule has 2 aromatic carbocycles. The second-order valence-electron chi connectivity index (χ2n) is 6.75. The van der Waals surface area contributed by atoms with E-state index in [2.05, 4.69) is 15.5 Å². The first-order valence-corrected chi connectivity index (χ1v) is 9.05. The summed E-state index contributed by atoms with van der Waals surface area (Å²) in [5, 5.41) is 21.3. The van der Waals surface area contributed by atoms with E-state index < -0.39 is 5.97 Å². The van der Waals surface area contributed by atoms with E-state index in [1.807, 2.05) is 48.5 Å². The molecule has 0 fully saturated rings. The molecule has 8 nitrogen and oxygen atoms in total. The lowest BCUT2D eigenvalue weighted by Gasteiger charge is -2.07. The van der Waals surface area contributed by atoms with Crippen molar-refractivity contribution in [1.82, 2.24) is 19.6 Å². The summed E-state index contributed by atoms with van der Waals surface area (Å²) < 4.78 is 3.38. The van der Waals surface area contributed by atoms with E-state index in [4.69, 9.17) is 5.11 Å². The largest absolute Gasteiger partial charge is 0.481 e. The van der Waals surface area contributed by atoms with E-state index >= 15 is 0 Å². The summed E-state index contributed by atoms with van der Waals surface area (Å²) in [6.45, 7) is 0.497. The SMILES string of the molecule is Cn1cc(C(=O)Nc2ccc(Cn3nc(CC(=O)O)c4ccccc43)cc2)cn1. The molecular weight excluding hydrogens is 370 g/mol. The summed E-state index contributed by atoms with van der Waals surface area (Å²) in [5.74, 6) is -1.13. The van der Waals surface area contributed by atoms with Crippen molar-refractivity contribution in [1.29, 1.82) is 0 Å². The number of nitrogens with zero attached hydrogens (tertiary/aromatic N) is 4. The van der Waals surface area contributed by atoms with Crippen LogP contribution in [0, 0.1) is 0 Å². The van der Waals surface area contributed by atoms with Gasteiger partial charge in [-0.05, 0) is 23.8 Å². The maximum absolute atomic E-state index is 12.2. The summed E-state index contributed by atoms with van der Waals surface area (Å²) >= 11 is 0. The number of rotatable bonds is 6. The van der Waals surface area contributed by atoms with Crippen molar-refractivity contribution in [3.63, 3.8) is 0 Å². The Morgan fingerprint density at radius 3 is 2.55 bits per heavy atom. The molecule has 0 radical (unpaired) electrons. The molecule has 2 aromatic heterocycles. The predicted octanol–water partition coefficient (Wildman–Crippen LogP) is 2.70. The van der Waals surface area contributed by atoms with Gasteiger partial charge in [0.25, 0.3) is 5.91 Å². The Kier molecular flexibility index (Phi) is 4.82. The minimum Gasteiger partial charge on any atom is -0.481 e. The Hall–Kier alpha value is -3.94. The number of carbonyl (C=O) groups excluding carboxylic acids is 1. The fraction of sp³-hybridized carbons (Fsp3) is 0.143. The highest BCUT2D eigenvalue weighted by Gasteiger charge is 2.13. The molecule has 0 aliphatic rings. The van der Waals surface area contributed by atoms with Gasteiger partial charge in [0.05, 0.1) is 35.9 Å². The minimum absolute atomic E-state index is 0.118. The van der Waals surface area contributed by atoms with Crippen LogP contribution in [-0.2, 0) is 24.8 Å². The highest BCUT2D eigenvalue weighted by atomic mass is 16.4. The van der Waals surface area contributed by atoms with Gasteiger partial charge in [-0.25, -0.2) is 0 Å². The first kappa shape index (κ1) is 18.4. The maximum Gasteiger partial charge on any atom is 0.309 e. The van der Waals surface area contributed by atoms with Gasteiger partial charge in [-0.15, -0.1) is 0 Å². The maximum atomic E-state index is 12.2. The number of para-hydroxylation sites is 1. The molecule has 0 bridgehead atoms. The number of nitrogens with one attached hydrogen (secondary N) is 1. The summed E-state index contributed by atoms with van der Waals surface area (Å²) in [7, 11) is 1.76. The van der Waals surface area contributed by atoms with Gasteiger partial charge in [-0.1, -0.05) is 30.3 Å². The summed E-state index contributed by atoms with van der Waals surface area (Å²) in [5.41, 5.74) is 3.59. The predicted molar refractivity (Wildman–Crippen MR) is 108 cm³/mol. The van der Waals surface area contributed by atoms with Crippen LogP contribution < -0.4 is 5.32 Å². The normalized spacial score (nSPS) is 10.9. The van der Waals surface area contributed by atoms with Crippen molar-refractivity contribution in [2.24, 2.45) is 7.05 Å². The quantitative estimate of drug-likeness (QED) is 0.528. The van der Waals surface area contributed by atoms with E-state index in [9.17, 15) is 9.59 Å². The van der Waals surface area contributed by atoms with Crippen molar-refractivity contribution < 1.29 is 14.7 Å². The van der Waals surface area contributed by atoms with Gasteiger partial charge in [-0.3, -0.25) is 19.0 Å². The number of aliphatic carboxylic acids is 1. The molecule has 4 aromatic rings. The Morgan fingerprint density at radius 2 is 1.86 bits per heavy atom. The molecule has 29 heavy (non-hydrogen) atoms. The molecule has 2 N–H and O–H groups in total. The molecule has 146 valence electrons. The van der Waals surface area contributed by atoms with Crippen molar-refractivity contribution >= 4 is 28.5 Å². The third kappa shape index (κ3) is 4.01. The zero-order valence-corrected chi connectivity index (χ0v) is 15.7. The lowest BCUT2D eigenvalue weighted by atomic mass is 10.1. The third-order valence-electron chi connectivity index (χ3n) is 4.56. The topological polar surface area (TPSA) is 102 Å². The number of hydrogen-bond acceptors (Lipinski definition) is 4. The molecule has 8 heteroatoms. The van der Waals surface area contributed by atoms with Crippen LogP contribution in [0.1, 0.15) is 21.6 Å². The zero-order chi connectivity index (χ0) is 20.4. The zero-order valence-electron chi connectivity index (χ0n) is 15.7. The number of carbonyl (C=O) groups is 2. The molecule has 0 saturated heterocycles. The number of aromatic nitrogens is 4. The van der Waals surface area contributed by atoms with Crippen molar-refractivity contribution in [2.75, 3.05) is 5.32 Å². The number of benzene rings is 2. The van der Waals surface area contributed by atoms with E-state index in [0.717, 1.165) is 16.5 Å². The minimum atomic E-state index is -0.908.